The molecule has 0 radical (unpaired) electrons. The van der Waals surface area contributed by atoms with E-state index < -0.39 is 0 Å². The molecule has 6 heteroatoms. The van der Waals surface area contributed by atoms with Crippen LogP contribution in [0.5, 0.6) is 11.5 Å². The lowest BCUT2D eigenvalue weighted by molar-refractivity contribution is -0.158. The second kappa shape index (κ2) is 6.26. The maximum atomic E-state index is 12.9. The molecular formula is C18H24N2O4. The molecule has 3 aliphatic rings. The molecule has 0 unspecified atom stereocenters. The third kappa shape index (κ3) is 2.54. The zero-order chi connectivity index (χ0) is 16.7. The smallest absolute Gasteiger partial charge is 0.237 e. The minimum atomic E-state index is -0.0121. The first-order valence-corrected chi connectivity index (χ1v) is 8.69. The summed E-state index contributed by atoms with van der Waals surface area (Å²) in [5.74, 6) is 1.76. The van der Waals surface area contributed by atoms with Crippen LogP contribution in [0.25, 0.3) is 0 Å². The Morgan fingerprint density at radius 2 is 2.04 bits per heavy atom. The summed E-state index contributed by atoms with van der Waals surface area (Å²) >= 11 is 0. The van der Waals surface area contributed by atoms with E-state index in [1.54, 1.807) is 7.11 Å². The van der Waals surface area contributed by atoms with Crippen LogP contribution in [-0.4, -0.2) is 49.0 Å². The molecule has 0 saturated carbocycles. The van der Waals surface area contributed by atoms with Gasteiger partial charge in [-0.25, -0.2) is 5.01 Å². The van der Waals surface area contributed by atoms with Crippen LogP contribution in [0.2, 0.25) is 0 Å². The quantitative estimate of drug-likeness (QED) is 0.850. The van der Waals surface area contributed by atoms with Crippen molar-refractivity contribution in [2.45, 2.75) is 44.7 Å². The van der Waals surface area contributed by atoms with Gasteiger partial charge in [0.1, 0.15) is 0 Å². The van der Waals surface area contributed by atoms with Crippen molar-refractivity contribution < 1.29 is 19.0 Å². The normalized spacial score (nSPS) is 26.6. The van der Waals surface area contributed by atoms with Gasteiger partial charge in [-0.1, -0.05) is 0 Å². The van der Waals surface area contributed by atoms with Crippen LogP contribution in [0.4, 0.5) is 0 Å². The van der Waals surface area contributed by atoms with E-state index in [1.807, 2.05) is 11.1 Å². The second-order valence-electron chi connectivity index (χ2n) is 6.73. The van der Waals surface area contributed by atoms with Gasteiger partial charge in [-0.2, -0.15) is 0 Å². The molecule has 1 fully saturated rings. The molecule has 1 saturated heterocycles. The van der Waals surface area contributed by atoms with Crippen molar-refractivity contribution in [2.24, 2.45) is 0 Å². The van der Waals surface area contributed by atoms with Crippen molar-refractivity contribution in [3.05, 3.63) is 23.3 Å². The van der Waals surface area contributed by atoms with Gasteiger partial charge in [0.2, 0.25) is 12.7 Å². The zero-order valence-electron chi connectivity index (χ0n) is 14.3. The van der Waals surface area contributed by atoms with Crippen LogP contribution in [0, 0.1) is 0 Å². The Kier molecular flexibility index (Phi) is 4.10. The summed E-state index contributed by atoms with van der Waals surface area (Å²) in [5, 5.41) is 4.18. The number of carbonyl (C=O) groups is 1. The number of hydrazine groups is 1. The van der Waals surface area contributed by atoms with Gasteiger partial charge in [-0.3, -0.25) is 9.80 Å². The van der Waals surface area contributed by atoms with E-state index in [1.165, 1.54) is 5.56 Å². The van der Waals surface area contributed by atoms with E-state index in [9.17, 15) is 4.79 Å². The fraction of sp³-hybridized carbons (Fsp3) is 0.611. The maximum Gasteiger partial charge on any atom is 0.237 e. The highest BCUT2D eigenvalue weighted by Gasteiger charge is 2.38. The number of aryl methyl sites for hydroxylation is 1. The monoisotopic (exact) mass is 332 g/mol. The Morgan fingerprint density at radius 3 is 2.83 bits per heavy atom. The van der Waals surface area contributed by atoms with E-state index >= 15 is 0 Å². The van der Waals surface area contributed by atoms with Gasteiger partial charge in [-0.15, -0.1) is 0 Å². The lowest BCUT2D eigenvalue weighted by Crippen LogP contribution is -2.50. The highest BCUT2D eigenvalue weighted by molar-refractivity contribution is 5.77. The topological polar surface area (TPSA) is 51.2 Å². The summed E-state index contributed by atoms with van der Waals surface area (Å²) in [7, 11) is 1.72. The minimum Gasteiger partial charge on any atom is -0.454 e. The van der Waals surface area contributed by atoms with Gasteiger partial charge >= 0.3 is 0 Å². The van der Waals surface area contributed by atoms with Crippen molar-refractivity contribution in [3.63, 3.8) is 0 Å². The largest absolute Gasteiger partial charge is 0.454 e. The van der Waals surface area contributed by atoms with Crippen LogP contribution in [0.1, 0.15) is 43.4 Å². The molecule has 130 valence electrons. The van der Waals surface area contributed by atoms with E-state index in [0.29, 0.717) is 13.0 Å². The molecular weight excluding hydrogens is 308 g/mol. The third-order valence-electron chi connectivity index (χ3n) is 5.30. The second-order valence-corrected chi connectivity index (χ2v) is 6.73. The van der Waals surface area contributed by atoms with Crippen molar-refractivity contribution in [1.29, 1.82) is 0 Å². The average Bonchev–Trinajstić information content (AvgIpc) is 3.19. The molecule has 3 heterocycles. The van der Waals surface area contributed by atoms with E-state index in [2.05, 4.69) is 18.0 Å². The van der Waals surface area contributed by atoms with Gasteiger partial charge in [0.25, 0.3) is 0 Å². The number of fused-ring (bicyclic) bond motifs is 2. The van der Waals surface area contributed by atoms with Crippen molar-refractivity contribution in [3.8, 4) is 11.5 Å². The number of amides is 1. The molecule has 0 N–H and O–H groups in total. The first-order valence-electron chi connectivity index (χ1n) is 8.69. The Bertz CT molecular complexity index is 648. The summed E-state index contributed by atoms with van der Waals surface area (Å²) in [5.41, 5.74) is 2.35. The zero-order valence-corrected chi connectivity index (χ0v) is 14.3. The lowest BCUT2D eigenvalue weighted by atomic mass is 9.99. The van der Waals surface area contributed by atoms with Crippen molar-refractivity contribution in [1.82, 2.24) is 10.0 Å². The third-order valence-corrected chi connectivity index (χ3v) is 5.30. The highest BCUT2D eigenvalue weighted by atomic mass is 16.7. The number of rotatable bonds is 3. The number of carbonyl (C=O) groups excluding carboxylic acids is 1. The van der Waals surface area contributed by atoms with E-state index in [0.717, 1.165) is 42.9 Å². The van der Waals surface area contributed by atoms with Crippen LogP contribution in [0.15, 0.2) is 12.1 Å². The standard InChI is InChI=1S/C18H24N2O4/c1-12-15-9-17-16(23-11-24-17)8-13(15)5-6-18(21)20(12)19-7-3-4-14(19)10-22-2/h8-9,12,14H,3-7,10-11H2,1-2H3/t12-,14+/m1/s1. The molecule has 24 heavy (non-hydrogen) atoms. The van der Waals surface area contributed by atoms with Crippen LogP contribution >= 0.6 is 0 Å². The van der Waals surface area contributed by atoms with Crippen molar-refractivity contribution >= 4 is 5.91 Å². The average molecular weight is 332 g/mol. The predicted octanol–water partition coefficient (Wildman–Crippen LogP) is 2.28. The number of hydrogen-bond donors (Lipinski definition) is 0. The van der Waals surface area contributed by atoms with Gasteiger partial charge in [0.15, 0.2) is 11.5 Å². The van der Waals surface area contributed by atoms with Gasteiger partial charge in [0.05, 0.1) is 18.7 Å². The Morgan fingerprint density at radius 1 is 1.25 bits per heavy atom. The fourth-order valence-corrected chi connectivity index (χ4v) is 4.14. The number of hydrogen-bond acceptors (Lipinski definition) is 5. The van der Waals surface area contributed by atoms with Crippen LogP contribution in [0.3, 0.4) is 0 Å². The summed E-state index contributed by atoms with van der Waals surface area (Å²) < 4.78 is 16.4. The van der Waals surface area contributed by atoms with Gasteiger partial charge < -0.3 is 14.2 Å². The molecule has 0 aromatic heterocycles. The summed E-state index contributed by atoms with van der Waals surface area (Å²) in [4.78, 5) is 12.9. The molecule has 3 aliphatic heterocycles. The molecule has 0 bridgehead atoms. The SMILES string of the molecule is COC[C@@H]1CCCN1N1C(=O)CCc2cc3c(cc2[C@H]1C)OCO3. The van der Waals surface area contributed by atoms with E-state index in [4.69, 9.17) is 14.2 Å². The van der Waals surface area contributed by atoms with Crippen molar-refractivity contribution in [2.75, 3.05) is 27.1 Å². The molecule has 1 aromatic carbocycles. The maximum absolute atomic E-state index is 12.9. The fourth-order valence-electron chi connectivity index (χ4n) is 4.14. The highest BCUT2D eigenvalue weighted by Crippen LogP contribution is 2.41. The Hall–Kier alpha value is -1.79. The summed E-state index contributed by atoms with van der Waals surface area (Å²) in [6.45, 7) is 3.94. The number of ether oxygens (including phenoxy) is 3. The number of methoxy groups -OCH3 is 1. The first kappa shape index (κ1) is 15.7. The molecule has 4 rings (SSSR count). The molecule has 6 nitrogen and oxygen atoms in total. The predicted molar refractivity (Wildman–Crippen MR) is 87.8 cm³/mol. The van der Waals surface area contributed by atoms with Crippen LogP contribution in [-0.2, 0) is 16.0 Å². The Balaban J connectivity index is 1.69. The lowest BCUT2D eigenvalue weighted by Gasteiger charge is -2.39. The molecule has 2 atom stereocenters. The molecule has 1 amide bonds. The molecule has 0 aliphatic carbocycles. The number of benzene rings is 1. The van der Waals surface area contributed by atoms with Crippen LogP contribution < -0.4 is 9.47 Å². The van der Waals surface area contributed by atoms with E-state index in [-0.39, 0.29) is 24.8 Å². The summed E-state index contributed by atoms with van der Waals surface area (Å²) in [6, 6.07) is 4.36. The molecule has 1 aromatic rings. The van der Waals surface area contributed by atoms with Gasteiger partial charge in [0, 0.05) is 20.1 Å². The first-order chi connectivity index (χ1) is 11.7. The summed E-state index contributed by atoms with van der Waals surface area (Å²) in [6.07, 6.45) is 3.43. The Labute approximate surface area is 142 Å². The van der Waals surface area contributed by atoms with Gasteiger partial charge in [-0.05, 0) is 49.4 Å². The molecule has 0 spiro atoms. The minimum absolute atomic E-state index is 0.0121. The number of nitrogens with zero attached hydrogens (tertiary/aromatic N) is 2.